The Hall–Kier alpha value is -2.18. The first-order chi connectivity index (χ1) is 12.2. The molecule has 0 saturated carbocycles. The molecular formula is C19H26N4O2. The van der Waals surface area contributed by atoms with E-state index in [2.05, 4.69) is 51.8 Å². The van der Waals surface area contributed by atoms with Gasteiger partial charge in [-0.3, -0.25) is 0 Å². The lowest BCUT2D eigenvalue weighted by Crippen LogP contribution is -2.54. The summed E-state index contributed by atoms with van der Waals surface area (Å²) >= 11 is 0. The van der Waals surface area contributed by atoms with Crippen molar-refractivity contribution in [3.05, 3.63) is 48.2 Å². The average molecular weight is 342 g/mol. The molecule has 3 rings (SSSR count). The maximum Gasteiger partial charge on any atom is 0.226 e. The molecule has 25 heavy (non-hydrogen) atoms. The molecule has 6 heteroatoms. The second kappa shape index (κ2) is 8.27. The van der Waals surface area contributed by atoms with Crippen LogP contribution in [0.3, 0.4) is 0 Å². The van der Waals surface area contributed by atoms with Crippen LogP contribution < -0.4 is 15.4 Å². The summed E-state index contributed by atoms with van der Waals surface area (Å²) in [5.74, 6) is 1.14. The van der Waals surface area contributed by atoms with E-state index in [0.717, 1.165) is 32.6 Å². The molecule has 1 aromatic heterocycles. The molecule has 2 heterocycles. The zero-order chi connectivity index (χ0) is 17.5. The monoisotopic (exact) mass is 342 g/mol. The van der Waals surface area contributed by atoms with E-state index in [1.54, 1.807) is 19.4 Å². The third kappa shape index (κ3) is 4.67. The number of hydrogen-bond donors (Lipinski definition) is 2. The molecule has 1 atom stereocenters. The molecule has 134 valence electrons. The van der Waals surface area contributed by atoms with Gasteiger partial charge in [-0.2, -0.15) is 4.98 Å². The summed E-state index contributed by atoms with van der Waals surface area (Å²) in [5, 5.41) is 7.18. The summed E-state index contributed by atoms with van der Waals surface area (Å²) in [5.41, 5.74) is 1.23. The van der Waals surface area contributed by atoms with Gasteiger partial charge < -0.3 is 20.1 Å². The van der Waals surface area contributed by atoms with Crippen molar-refractivity contribution in [1.29, 1.82) is 0 Å². The van der Waals surface area contributed by atoms with Gasteiger partial charge in [-0.25, -0.2) is 4.98 Å². The minimum atomic E-state index is -0.0556. The molecule has 1 aromatic carbocycles. The van der Waals surface area contributed by atoms with Gasteiger partial charge >= 0.3 is 0 Å². The summed E-state index contributed by atoms with van der Waals surface area (Å²) in [6.07, 6.45) is 3.59. The lowest BCUT2D eigenvalue weighted by Gasteiger charge is -2.40. The smallest absolute Gasteiger partial charge is 0.226 e. The zero-order valence-corrected chi connectivity index (χ0v) is 14.9. The molecule has 2 aromatic rings. The lowest BCUT2D eigenvalue weighted by atomic mass is 9.88. The Morgan fingerprint density at radius 3 is 2.68 bits per heavy atom. The molecule has 0 radical (unpaired) electrons. The van der Waals surface area contributed by atoms with Crippen LogP contribution in [0.1, 0.15) is 31.4 Å². The maximum absolute atomic E-state index is 5.58. The predicted molar refractivity (Wildman–Crippen MR) is 97.9 cm³/mol. The van der Waals surface area contributed by atoms with Crippen LogP contribution in [0.4, 0.5) is 5.95 Å². The van der Waals surface area contributed by atoms with Crippen molar-refractivity contribution in [1.82, 2.24) is 15.3 Å². The third-order valence-corrected chi connectivity index (χ3v) is 4.70. The van der Waals surface area contributed by atoms with Gasteiger partial charge in [0.2, 0.25) is 11.8 Å². The van der Waals surface area contributed by atoms with Crippen molar-refractivity contribution in [3.8, 4) is 5.88 Å². The van der Waals surface area contributed by atoms with Crippen molar-refractivity contribution in [2.45, 2.75) is 31.3 Å². The van der Waals surface area contributed by atoms with E-state index >= 15 is 0 Å². The van der Waals surface area contributed by atoms with E-state index in [9.17, 15) is 0 Å². The van der Waals surface area contributed by atoms with E-state index < -0.39 is 0 Å². The molecule has 1 unspecified atom stereocenters. The fourth-order valence-electron chi connectivity index (χ4n) is 3.21. The Morgan fingerprint density at radius 2 is 1.96 bits per heavy atom. The molecule has 0 bridgehead atoms. The van der Waals surface area contributed by atoms with Crippen molar-refractivity contribution < 1.29 is 9.47 Å². The van der Waals surface area contributed by atoms with Crippen LogP contribution in [-0.4, -0.2) is 42.4 Å². The summed E-state index contributed by atoms with van der Waals surface area (Å²) in [7, 11) is 1.61. The Bertz CT molecular complexity index is 659. The Morgan fingerprint density at radius 1 is 1.20 bits per heavy atom. The van der Waals surface area contributed by atoms with Crippen molar-refractivity contribution in [2.24, 2.45) is 0 Å². The summed E-state index contributed by atoms with van der Waals surface area (Å²) in [6, 6.07) is 12.5. The minimum absolute atomic E-state index is 0.0556. The summed E-state index contributed by atoms with van der Waals surface area (Å²) < 4.78 is 10.7. The van der Waals surface area contributed by atoms with Gasteiger partial charge in [0.15, 0.2) is 0 Å². The Labute approximate surface area is 149 Å². The fraction of sp³-hybridized carbons (Fsp3) is 0.474. The second-order valence-corrected chi connectivity index (χ2v) is 6.45. The molecule has 2 N–H and O–H groups in total. The maximum atomic E-state index is 5.58. The largest absolute Gasteiger partial charge is 0.481 e. The number of hydrogen-bond acceptors (Lipinski definition) is 6. The molecule has 1 saturated heterocycles. The Balaban J connectivity index is 1.69. The highest BCUT2D eigenvalue weighted by molar-refractivity contribution is 5.29. The van der Waals surface area contributed by atoms with E-state index in [1.165, 1.54) is 5.56 Å². The normalized spacial score (nSPS) is 17.7. The highest BCUT2D eigenvalue weighted by Gasteiger charge is 2.34. The van der Waals surface area contributed by atoms with Crippen LogP contribution in [0.25, 0.3) is 0 Å². The zero-order valence-electron chi connectivity index (χ0n) is 14.9. The number of anilines is 1. The third-order valence-electron chi connectivity index (χ3n) is 4.70. The van der Waals surface area contributed by atoms with Crippen LogP contribution in [0, 0.1) is 0 Å². The van der Waals surface area contributed by atoms with E-state index in [0.29, 0.717) is 11.8 Å². The highest BCUT2D eigenvalue weighted by Crippen LogP contribution is 2.26. The first-order valence-electron chi connectivity index (χ1n) is 8.72. The summed E-state index contributed by atoms with van der Waals surface area (Å²) in [4.78, 5) is 8.62. The van der Waals surface area contributed by atoms with Gasteiger partial charge in [0.25, 0.3) is 0 Å². The van der Waals surface area contributed by atoms with Crippen LogP contribution in [0.5, 0.6) is 5.88 Å². The minimum Gasteiger partial charge on any atom is -0.481 e. The van der Waals surface area contributed by atoms with Crippen LogP contribution in [0.2, 0.25) is 0 Å². The molecule has 6 nitrogen and oxygen atoms in total. The van der Waals surface area contributed by atoms with Crippen molar-refractivity contribution in [2.75, 3.05) is 32.2 Å². The van der Waals surface area contributed by atoms with Crippen molar-refractivity contribution in [3.63, 3.8) is 0 Å². The number of aromatic nitrogens is 2. The summed E-state index contributed by atoms with van der Waals surface area (Å²) in [6.45, 7) is 4.46. The standard InChI is InChI=1S/C19H26N4O2/c1-15(16-6-4-3-5-7-16)23-19(9-12-25-13-10-19)14-21-18-20-11-8-17(22-18)24-2/h3-8,11,15,23H,9-10,12-14H2,1-2H3,(H,20,21,22). The predicted octanol–water partition coefficient (Wildman–Crippen LogP) is 2.80. The topological polar surface area (TPSA) is 68.3 Å². The Kier molecular flexibility index (Phi) is 5.83. The van der Waals surface area contributed by atoms with Gasteiger partial charge in [-0.1, -0.05) is 30.3 Å². The number of methoxy groups -OCH3 is 1. The van der Waals surface area contributed by atoms with Gasteiger partial charge in [-0.15, -0.1) is 0 Å². The molecule has 0 amide bonds. The van der Waals surface area contributed by atoms with E-state index in [1.807, 2.05) is 6.07 Å². The first kappa shape index (κ1) is 17.6. The van der Waals surface area contributed by atoms with Crippen LogP contribution in [0.15, 0.2) is 42.6 Å². The van der Waals surface area contributed by atoms with Gasteiger partial charge in [0, 0.05) is 43.6 Å². The first-order valence-corrected chi connectivity index (χ1v) is 8.72. The molecule has 1 fully saturated rings. The van der Waals surface area contributed by atoms with Gasteiger partial charge in [0.1, 0.15) is 0 Å². The molecule has 1 aliphatic heterocycles. The van der Waals surface area contributed by atoms with Gasteiger partial charge in [-0.05, 0) is 25.3 Å². The number of ether oxygens (including phenoxy) is 2. The number of rotatable bonds is 7. The van der Waals surface area contributed by atoms with Crippen LogP contribution >= 0.6 is 0 Å². The lowest BCUT2D eigenvalue weighted by molar-refractivity contribution is 0.0388. The van der Waals surface area contributed by atoms with Crippen molar-refractivity contribution >= 4 is 5.95 Å². The van der Waals surface area contributed by atoms with E-state index in [-0.39, 0.29) is 11.6 Å². The SMILES string of the molecule is COc1ccnc(NCC2(NC(C)c3ccccc3)CCOCC2)n1. The van der Waals surface area contributed by atoms with Gasteiger partial charge in [0.05, 0.1) is 7.11 Å². The quantitative estimate of drug-likeness (QED) is 0.806. The molecule has 0 spiro atoms. The average Bonchev–Trinajstić information content (AvgIpc) is 2.68. The van der Waals surface area contributed by atoms with Crippen LogP contribution in [-0.2, 0) is 4.74 Å². The van der Waals surface area contributed by atoms with E-state index in [4.69, 9.17) is 9.47 Å². The fourth-order valence-corrected chi connectivity index (χ4v) is 3.21. The second-order valence-electron chi connectivity index (χ2n) is 6.45. The molecule has 1 aliphatic rings. The number of nitrogens with one attached hydrogen (secondary N) is 2. The number of benzene rings is 1. The highest BCUT2D eigenvalue weighted by atomic mass is 16.5. The number of nitrogens with zero attached hydrogens (tertiary/aromatic N) is 2. The molecular weight excluding hydrogens is 316 g/mol. The molecule has 0 aliphatic carbocycles.